The lowest BCUT2D eigenvalue weighted by molar-refractivity contribution is -0.127. The van der Waals surface area contributed by atoms with Gasteiger partial charge in [0, 0.05) is 11.8 Å². The summed E-state index contributed by atoms with van der Waals surface area (Å²) in [5.74, 6) is 1.14. The number of carbonyl (C=O) groups is 1. The first-order chi connectivity index (χ1) is 4.79. The minimum absolute atomic E-state index is 0.300. The summed E-state index contributed by atoms with van der Waals surface area (Å²) in [6.07, 6.45) is 5.56. The molecule has 0 aromatic rings. The second-order valence-corrected chi connectivity index (χ2v) is 3.41. The molecule has 1 saturated carbocycles. The summed E-state index contributed by atoms with van der Waals surface area (Å²) in [6.45, 7) is 2.04. The number of rotatable bonds is 0. The van der Waals surface area contributed by atoms with Gasteiger partial charge in [0.2, 0.25) is 0 Å². The Morgan fingerprint density at radius 2 is 2.40 bits per heavy atom. The second-order valence-electron chi connectivity index (χ2n) is 3.41. The van der Waals surface area contributed by atoms with E-state index in [9.17, 15) is 4.79 Å². The Morgan fingerprint density at radius 1 is 1.60 bits per heavy atom. The molecular formula is C9H12O. The second kappa shape index (κ2) is 1.94. The summed E-state index contributed by atoms with van der Waals surface area (Å²) in [5, 5.41) is 0. The van der Waals surface area contributed by atoms with Crippen LogP contribution in [-0.2, 0) is 4.79 Å². The first-order valence-corrected chi connectivity index (χ1v) is 4.01. The third kappa shape index (κ3) is 0.664. The van der Waals surface area contributed by atoms with E-state index in [-0.39, 0.29) is 0 Å². The van der Waals surface area contributed by atoms with Gasteiger partial charge < -0.3 is 0 Å². The van der Waals surface area contributed by atoms with E-state index in [0.717, 1.165) is 12.8 Å². The van der Waals surface area contributed by atoms with E-state index in [0.29, 0.717) is 17.6 Å². The molecule has 0 saturated heterocycles. The zero-order valence-electron chi connectivity index (χ0n) is 6.26. The van der Waals surface area contributed by atoms with E-state index in [1.54, 1.807) is 0 Å². The fourth-order valence-corrected chi connectivity index (χ4v) is 1.81. The van der Waals surface area contributed by atoms with Gasteiger partial charge in [-0.3, -0.25) is 4.79 Å². The van der Waals surface area contributed by atoms with Crippen LogP contribution in [0.2, 0.25) is 0 Å². The quantitative estimate of drug-likeness (QED) is 0.465. The lowest BCUT2D eigenvalue weighted by atomic mass is 9.69. The zero-order chi connectivity index (χ0) is 7.14. The van der Waals surface area contributed by atoms with Crippen LogP contribution in [0.1, 0.15) is 26.2 Å². The van der Waals surface area contributed by atoms with E-state index >= 15 is 0 Å². The lowest BCUT2D eigenvalue weighted by Gasteiger charge is -2.34. The molecule has 0 aliphatic heterocycles. The molecule has 2 rings (SSSR count). The van der Waals surface area contributed by atoms with Crippen molar-refractivity contribution in [1.29, 1.82) is 0 Å². The summed E-state index contributed by atoms with van der Waals surface area (Å²) < 4.78 is 0. The lowest BCUT2D eigenvalue weighted by Crippen LogP contribution is -2.32. The molecule has 0 heterocycles. The predicted molar refractivity (Wildman–Crippen MR) is 39.6 cm³/mol. The molecule has 0 aromatic heterocycles. The van der Waals surface area contributed by atoms with E-state index in [1.165, 1.54) is 12.0 Å². The molecule has 0 amide bonds. The van der Waals surface area contributed by atoms with E-state index in [2.05, 4.69) is 6.08 Å². The molecule has 2 aliphatic carbocycles. The van der Waals surface area contributed by atoms with Crippen LogP contribution in [0.3, 0.4) is 0 Å². The standard InChI is InChI=1S/C9H12O/c1-6-2-3-7-4-5-8(7)9(6)10/h3,6,8H,2,4-5H2,1H3. The van der Waals surface area contributed by atoms with E-state index in [4.69, 9.17) is 0 Å². The van der Waals surface area contributed by atoms with Crippen molar-refractivity contribution in [3.63, 3.8) is 0 Å². The van der Waals surface area contributed by atoms with E-state index < -0.39 is 0 Å². The van der Waals surface area contributed by atoms with Crippen LogP contribution in [0.15, 0.2) is 11.6 Å². The van der Waals surface area contributed by atoms with Crippen molar-refractivity contribution < 1.29 is 4.79 Å². The fourth-order valence-electron chi connectivity index (χ4n) is 1.81. The largest absolute Gasteiger partial charge is 0.299 e. The summed E-state index contributed by atoms with van der Waals surface area (Å²) in [6, 6.07) is 0. The highest BCUT2D eigenvalue weighted by Crippen LogP contribution is 2.40. The van der Waals surface area contributed by atoms with Gasteiger partial charge in [-0.25, -0.2) is 0 Å². The number of hydrogen-bond acceptors (Lipinski definition) is 1. The highest BCUT2D eigenvalue weighted by Gasteiger charge is 2.35. The van der Waals surface area contributed by atoms with Crippen LogP contribution in [0.25, 0.3) is 0 Å². The average Bonchev–Trinajstić information content (AvgIpc) is 1.82. The van der Waals surface area contributed by atoms with Crippen molar-refractivity contribution in [3.8, 4) is 0 Å². The number of ketones is 1. The molecule has 2 atom stereocenters. The molecule has 10 heavy (non-hydrogen) atoms. The van der Waals surface area contributed by atoms with Crippen molar-refractivity contribution >= 4 is 5.78 Å². The number of Topliss-reactive ketones (excluding diaryl/α,β-unsaturated/α-hetero) is 1. The van der Waals surface area contributed by atoms with Crippen molar-refractivity contribution in [2.45, 2.75) is 26.2 Å². The number of carbonyl (C=O) groups excluding carboxylic acids is 1. The molecule has 1 fully saturated rings. The van der Waals surface area contributed by atoms with Gasteiger partial charge in [0.25, 0.3) is 0 Å². The van der Waals surface area contributed by atoms with Crippen LogP contribution in [0.5, 0.6) is 0 Å². The molecule has 54 valence electrons. The fraction of sp³-hybridized carbons (Fsp3) is 0.667. The minimum Gasteiger partial charge on any atom is -0.299 e. The Morgan fingerprint density at radius 3 is 2.90 bits per heavy atom. The maximum absolute atomic E-state index is 11.3. The van der Waals surface area contributed by atoms with Gasteiger partial charge in [0.1, 0.15) is 5.78 Å². The van der Waals surface area contributed by atoms with Crippen molar-refractivity contribution in [3.05, 3.63) is 11.6 Å². The Hall–Kier alpha value is -0.590. The van der Waals surface area contributed by atoms with Crippen LogP contribution >= 0.6 is 0 Å². The van der Waals surface area contributed by atoms with Crippen molar-refractivity contribution in [2.24, 2.45) is 11.8 Å². The van der Waals surface area contributed by atoms with Crippen LogP contribution < -0.4 is 0 Å². The number of hydrogen-bond donors (Lipinski definition) is 0. The van der Waals surface area contributed by atoms with Crippen LogP contribution in [0.4, 0.5) is 0 Å². The molecule has 0 N–H and O–H groups in total. The Kier molecular flexibility index (Phi) is 1.19. The Labute approximate surface area is 61.1 Å². The summed E-state index contributed by atoms with van der Waals surface area (Å²) in [4.78, 5) is 11.3. The Balaban J connectivity index is 2.24. The van der Waals surface area contributed by atoms with Gasteiger partial charge in [-0.2, -0.15) is 0 Å². The first kappa shape index (κ1) is 6.14. The van der Waals surface area contributed by atoms with Crippen LogP contribution in [0, 0.1) is 11.8 Å². The highest BCUT2D eigenvalue weighted by molar-refractivity contribution is 5.88. The molecule has 2 aliphatic rings. The molecular weight excluding hydrogens is 124 g/mol. The van der Waals surface area contributed by atoms with Gasteiger partial charge in [0.05, 0.1) is 0 Å². The first-order valence-electron chi connectivity index (χ1n) is 4.01. The summed E-state index contributed by atoms with van der Waals surface area (Å²) in [5.41, 5.74) is 1.42. The average molecular weight is 136 g/mol. The molecule has 0 aromatic carbocycles. The maximum atomic E-state index is 11.3. The monoisotopic (exact) mass is 136 g/mol. The molecule has 0 spiro atoms. The molecule has 2 unspecified atom stereocenters. The summed E-state index contributed by atoms with van der Waals surface area (Å²) in [7, 11) is 0. The molecule has 1 nitrogen and oxygen atoms in total. The van der Waals surface area contributed by atoms with Gasteiger partial charge >= 0.3 is 0 Å². The van der Waals surface area contributed by atoms with E-state index in [1.807, 2.05) is 6.92 Å². The van der Waals surface area contributed by atoms with Gasteiger partial charge in [-0.05, 0) is 19.3 Å². The molecule has 0 radical (unpaired) electrons. The van der Waals surface area contributed by atoms with Crippen molar-refractivity contribution in [2.75, 3.05) is 0 Å². The normalized spacial score (nSPS) is 38.1. The smallest absolute Gasteiger partial charge is 0.143 e. The highest BCUT2D eigenvalue weighted by atomic mass is 16.1. The number of fused-ring (bicyclic) bond motifs is 1. The zero-order valence-corrected chi connectivity index (χ0v) is 6.26. The number of allylic oxidation sites excluding steroid dienone is 2. The Bertz CT molecular complexity index is 203. The SMILES string of the molecule is CC1CC=C2CCC2C1=O. The van der Waals surface area contributed by atoms with Crippen LogP contribution in [-0.4, -0.2) is 5.78 Å². The van der Waals surface area contributed by atoms with Crippen molar-refractivity contribution in [1.82, 2.24) is 0 Å². The summed E-state index contributed by atoms with van der Waals surface area (Å²) >= 11 is 0. The third-order valence-corrected chi connectivity index (χ3v) is 2.73. The minimum atomic E-state index is 0.300. The third-order valence-electron chi connectivity index (χ3n) is 2.73. The topological polar surface area (TPSA) is 17.1 Å². The van der Waals surface area contributed by atoms with Gasteiger partial charge in [-0.1, -0.05) is 18.6 Å². The maximum Gasteiger partial charge on any atom is 0.143 e. The van der Waals surface area contributed by atoms with Gasteiger partial charge in [-0.15, -0.1) is 0 Å². The molecule has 0 bridgehead atoms. The molecule has 1 heteroatoms. The predicted octanol–water partition coefficient (Wildman–Crippen LogP) is 1.93. The van der Waals surface area contributed by atoms with Gasteiger partial charge in [0.15, 0.2) is 0 Å².